The number of anilines is 1. The summed E-state index contributed by atoms with van der Waals surface area (Å²) >= 11 is 0. The fourth-order valence-electron chi connectivity index (χ4n) is 1.88. The molecule has 1 aromatic carbocycles. The van der Waals surface area contributed by atoms with Gasteiger partial charge in [0.05, 0.1) is 23.0 Å². The average molecular weight is 270 g/mol. The SMILES string of the molecule is Cc1nn(C)c(C(=O)OCc2ccccc2C#N)c1N. The number of benzene rings is 1. The van der Waals surface area contributed by atoms with Gasteiger partial charge in [0.1, 0.15) is 6.61 Å². The molecule has 0 radical (unpaired) electrons. The summed E-state index contributed by atoms with van der Waals surface area (Å²) in [6.07, 6.45) is 0. The molecule has 0 aliphatic heterocycles. The lowest BCUT2D eigenvalue weighted by Gasteiger charge is -2.07. The maximum atomic E-state index is 12.0. The molecule has 0 unspecified atom stereocenters. The normalized spacial score (nSPS) is 10.1. The molecule has 1 heterocycles. The molecular formula is C14H14N4O2. The third-order valence-electron chi connectivity index (χ3n) is 2.96. The molecule has 0 saturated heterocycles. The van der Waals surface area contributed by atoms with Crippen molar-refractivity contribution in [3.63, 3.8) is 0 Å². The van der Waals surface area contributed by atoms with Crippen molar-refractivity contribution in [3.8, 4) is 6.07 Å². The first-order chi connectivity index (χ1) is 9.54. The molecule has 2 rings (SSSR count). The van der Waals surface area contributed by atoms with Crippen LogP contribution in [0.5, 0.6) is 0 Å². The maximum Gasteiger partial charge on any atom is 0.359 e. The predicted octanol–water partition coefficient (Wildman–Crippen LogP) is 1.54. The van der Waals surface area contributed by atoms with Gasteiger partial charge in [-0.3, -0.25) is 4.68 Å². The summed E-state index contributed by atoms with van der Waals surface area (Å²) in [6, 6.07) is 9.01. The van der Waals surface area contributed by atoms with Crippen molar-refractivity contribution in [1.29, 1.82) is 5.26 Å². The van der Waals surface area contributed by atoms with Crippen LogP contribution in [0.25, 0.3) is 0 Å². The second kappa shape index (κ2) is 5.45. The average Bonchev–Trinajstić information content (AvgIpc) is 2.70. The molecule has 2 aromatic rings. The Balaban J connectivity index is 2.15. The summed E-state index contributed by atoms with van der Waals surface area (Å²) in [4.78, 5) is 12.0. The quantitative estimate of drug-likeness (QED) is 0.854. The topological polar surface area (TPSA) is 93.9 Å². The van der Waals surface area contributed by atoms with E-state index in [9.17, 15) is 4.79 Å². The van der Waals surface area contributed by atoms with E-state index in [4.69, 9.17) is 15.7 Å². The van der Waals surface area contributed by atoms with Gasteiger partial charge in [0.15, 0.2) is 5.69 Å². The van der Waals surface area contributed by atoms with Crippen molar-refractivity contribution in [1.82, 2.24) is 9.78 Å². The summed E-state index contributed by atoms with van der Waals surface area (Å²) in [7, 11) is 1.63. The first-order valence-corrected chi connectivity index (χ1v) is 5.98. The fourth-order valence-corrected chi connectivity index (χ4v) is 1.88. The second-order valence-corrected chi connectivity index (χ2v) is 4.32. The number of nitriles is 1. The molecule has 2 N–H and O–H groups in total. The van der Waals surface area contributed by atoms with Gasteiger partial charge in [-0.15, -0.1) is 0 Å². The van der Waals surface area contributed by atoms with Crippen LogP contribution in [0, 0.1) is 18.3 Å². The minimum Gasteiger partial charge on any atom is -0.456 e. The van der Waals surface area contributed by atoms with E-state index in [0.717, 1.165) is 0 Å². The number of nitrogen functional groups attached to an aromatic ring is 1. The summed E-state index contributed by atoms with van der Waals surface area (Å²) in [5.41, 5.74) is 8.04. The lowest BCUT2D eigenvalue weighted by Crippen LogP contribution is -2.13. The van der Waals surface area contributed by atoms with E-state index in [0.29, 0.717) is 22.5 Å². The van der Waals surface area contributed by atoms with Crippen molar-refractivity contribution in [2.24, 2.45) is 7.05 Å². The Morgan fingerprint density at radius 2 is 2.20 bits per heavy atom. The maximum absolute atomic E-state index is 12.0. The van der Waals surface area contributed by atoms with Gasteiger partial charge in [-0.25, -0.2) is 4.79 Å². The second-order valence-electron chi connectivity index (χ2n) is 4.32. The molecule has 1 aromatic heterocycles. The number of esters is 1. The Morgan fingerprint density at radius 3 is 2.80 bits per heavy atom. The molecule has 0 atom stereocenters. The van der Waals surface area contributed by atoms with E-state index in [1.54, 1.807) is 38.2 Å². The number of aromatic nitrogens is 2. The summed E-state index contributed by atoms with van der Waals surface area (Å²) in [5.74, 6) is -0.557. The van der Waals surface area contributed by atoms with Gasteiger partial charge in [0.2, 0.25) is 0 Å². The van der Waals surface area contributed by atoms with Gasteiger partial charge in [0, 0.05) is 12.6 Å². The van der Waals surface area contributed by atoms with E-state index in [2.05, 4.69) is 11.2 Å². The van der Waals surface area contributed by atoms with Crippen molar-refractivity contribution < 1.29 is 9.53 Å². The fraction of sp³-hybridized carbons (Fsp3) is 0.214. The Kier molecular flexibility index (Phi) is 3.71. The third-order valence-corrected chi connectivity index (χ3v) is 2.96. The minimum absolute atomic E-state index is 0.0201. The number of nitrogens with zero attached hydrogens (tertiary/aromatic N) is 3. The monoisotopic (exact) mass is 270 g/mol. The molecule has 0 aliphatic carbocycles. The van der Waals surface area contributed by atoms with Gasteiger partial charge in [-0.1, -0.05) is 18.2 Å². The Hall–Kier alpha value is -2.81. The van der Waals surface area contributed by atoms with E-state index >= 15 is 0 Å². The molecule has 102 valence electrons. The van der Waals surface area contributed by atoms with Gasteiger partial charge >= 0.3 is 5.97 Å². The van der Waals surface area contributed by atoms with Gasteiger partial charge in [0.25, 0.3) is 0 Å². The van der Waals surface area contributed by atoms with E-state index in [1.807, 2.05) is 0 Å². The lowest BCUT2D eigenvalue weighted by molar-refractivity contribution is 0.0461. The smallest absolute Gasteiger partial charge is 0.359 e. The Bertz CT molecular complexity index is 698. The van der Waals surface area contributed by atoms with Crippen molar-refractivity contribution in [2.45, 2.75) is 13.5 Å². The predicted molar refractivity (Wildman–Crippen MR) is 72.6 cm³/mol. The van der Waals surface area contributed by atoms with Gasteiger partial charge in [-0.05, 0) is 13.0 Å². The van der Waals surface area contributed by atoms with Gasteiger partial charge in [-0.2, -0.15) is 10.4 Å². The zero-order valence-electron chi connectivity index (χ0n) is 11.3. The van der Waals surface area contributed by atoms with Crippen LogP contribution in [0.4, 0.5) is 5.69 Å². The van der Waals surface area contributed by atoms with Crippen LogP contribution in [0.1, 0.15) is 27.3 Å². The van der Waals surface area contributed by atoms with Crippen LogP contribution in [-0.4, -0.2) is 15.7 Å². The molecule has 6 nitrogen and oxygen atoms in total. The molecule has 0 fully saturated rings. The summed E-state index contributed by atoms with van der Waals surface area (Å²) in [5, 5.41) is 13.0. The van der Waals surface area contributed by atoms with Crippen LogP contribution in [-0.2, 0) is 18.4 Å². The number of hydrogen-bond donors (Lipinski definition) is 1. The van der Waals surface area contributed by atoms with Crippen LogP contribution < -0.4 is 5.73 Å². The molecule has 0 saturated carbocycles. The van der Waals surface area contributed by atoms with E-state index in [-0.39, 0.29) is 12.3 Å². The first-order valence-electron chi connectivity index (χ1n) is 5.98. The number of carbonyl (C=O) groups is 1. The van der Waals surface area contributed by atoms with E-state index < -0.39 is 5.97 Å². The highest BCUT2D eigenvalue weighted by molar-refractivity contribution is 5.93. The van der Waals surface area contributed by atoms with E-state index in [1.165, 1.54) is 4.68 Å². The third kappa shape index (κ3) is 2.47. The van der Waals surface area contributed by atoms with Crippen LogP contribution in [0.15, 0.2) is 24.3 Å². The van der Waals surface area contributed by atoms with Crippen LogP contribution >= 0.6 is 0 Å². The summed E-state index contributed by atoms with van der Waals surface area (Å²) < 4.78 is 6.59. The number of hydrogen-bond acceptors (Lipinski definition) is 5. The molecule has 6 heteroatoms. The van der Waals surface area contributed by atoms with Crippen LogP contribution in [0.3, 0.4) is 0 Å². The number of carbonyl (C=O) groups excluding carboxylic acids is 1. The molecule has 0 aliphatic rings. The minimum atomic E-state index is -0.557. The first kappa shape index (κ1) is 13.6. The Morgan fingerprint density at radius 1 is 1.50 bits per heavy atom. The molecule has 20 heavy (non-hydrogen) atoms. The highest BCUT2D eigenvalue weighted by atomic mass is 16.5. The molecule has 0 bridgehead atoms. The van der Waals surface area contributed by atoms with Crippen LogP contribution in [0.2, 0.25) is 0 Å². The standard InChI is InChI=1S/C14H14N4O2/c1-9-12(16)13(18(2)17-9)14(19)20-8-11-6-4-3-5-10(11)7-15/h3-6H,8,16H2,1-2H3. The van der Waals surface area contributed by atoms with Crippen molar-refractivity contribution >= 4 is 11.7 Å². The van der Waals surface area contributed by atoms with Crippen molar-refractivity contribution in [3.05, 3.63) is 46.8 Å². The Labute approximate surface area is 116 Å². The number of aryl methyl sites for hydroxylation is 2. The zero-order chi connectivity index (χ0) is 14.7. The molecule has 0 amide bonds. The number of nitrogens with two attached hydrogens (primary N) is 1. The van der Waals surface area contributed by atoms with Gasteiger partial charge < -0.3 is 10.5 Å². The largest absolute Gasteiger partial charge is 0.456 e. The van der Waals surface area contributed by atoms with Crippen molar-refractivity contribution in [2.75, 3.05) is 5.73 Å². The number of ether oxygens (including phenoxy) is 1. The highest BCUT2D eigenvalue weighted by Crippen LogP contribution is 2.17. The zero-order valence-corrected chi connectivity index (χ0v) is 11.3. The molecule has 0 spiro atoms. The highest BCUT2D eigenvalue weighted by Gasteiger charge is 2.19. The molecular weight excluding hydrogens is 256 g/mol. The lowest BCUT2D eigenvalue weighted by atomic mass is 10.1. The number of rotatable bonds is 3. The summed E-state index contributed by atoms with van der Waals surface area (Å²) in [6.45, 7) is 1.74.